The fourth-order valence-corrected chi connectivity index (χ4v) is 2.45. The van der Waals surface area contributed by atoms with Crippen molar-refractivity contribution in [2.75, 3.05) is 25.9 Å². The lowest BCUT2D eigenvalue weighted by molar-refractivity contribution is -0.147. The van der Waals surface area contributed by atoms with Crippen LogP contribution in [0.5, 0.6) is 5.75 Å². The number of carbonyl (C=O) groups is 1. The van der Waals surface area contributed by atoms with Gasteiger partial charge in [-0.2, -0.15) is 0 Å². The number of phenolic OH excluding ortho intramolecular Hbond substituents is 1. The van der Waals surface area contributed by atoms with Crippen LogP contribution >= 0.6 is 0 Å². The molecule has 0 unspecified atom stereocenters. The third-order valence-electron chi connectivity index (χ3n) is 3.83. The van der Waals surface area contributed by atoms with Gasteiger partial charge in [-0.25, -0.2) is 0 Å². The van der Waals surface area contributed by atoms with Crippen LogP contribution in [0.25, 0.3) is 0 Å². The lowest BCUT2D eigenvalue weighted by Crippen LogP contribution is -2.61. The summed E-state index contributed by atoms with van der Waals surface area (Å²) in [5.41, 5.74) is 6.56. The minimum Gasteiger partial charge on any atom is -0.506 e. The minimum atomic E-state index is -0.514. The van der Waals surface area contributed by atoms with Crippen molar-refractivity contribution in [1.29, 1.82) is 0 Å². The van der Waals surface area contributed by atoms with Gasteiger partial charge in [0.25, 0.3) is 0 Å². The van der Waals surface area contributed by atoms with Crippen molar-refractivity contribution >= 4 is 11.6 Å². The molecule has 104 valence electrons. The SMILES string of the molecule is CN1CCN(Cc2ccc(O)c(N)c2)C(C)(C)C1=O. The van der Waals surface area contributed by atoms with Crippen LogP contribution in [0, 0.1) is 0 Å². The third-order valence-corrected chi connectivity index (χ3v) is 3.83. The van der Waals surface area contributed by atoms with Gasteiger partial charge in [0, 0.05) is 26.7 Å². The van der Waals surface area contributed by atoms with Crippen molar-refractivity contribution in [3.05, 3.63) is 23.8 Å². The number of hydrogen-bond acceptors (Lipinski definition) is 4. The van der Waals surface area contributed by atoms with Crippen molar-refractivity contribution in [3.8, 4) is 5.75 Å². The summed E-state index contributed by atoms with van der Waals surface area (Å²) < 4.78 is 0. The molecule has 1 fully saturated rings. The number of carbonyl (C=O) groups excluding carboxylic acids is 1. The number of hydrogen-bond donors (Lipinski definition) is 2. The molecular formula is C14H21N3O2. The highest BCUT2D eigenvalue weighted by Crippen LogP contribution is 2.26. The molecule has 5 heteroatoms. The van der Waals surface area contributed by atoms with Crippen LogP contribution in [-0.4, -0.2) is 46.5 Å². The number of rotatable bonds is 2. The van der Waals surface area contributed by atoms with Crippen molar-refractivity contribution in [1.82, 2.24) is 9.80 Å². The normalized spacial score (nSPS) is 19.7. The molecule has 1 aliphatic rings. The van der Waals surface area contributed by atoms with Gasteiger partial charge in [0.1, 0.15) is 5.75 Å². The monoisotopic (exact) mass is 263 g/mol. The topological polar surface area (TPSA) is 69.8 Å². The average molecular weight is 263 g/mol. The van der Waals surface area contributed by atoms with Gasteiger partial charge >= 0.3 is 0 Å². The number of anilines is 1. The van der Waals surface area contributed by atoms with Crippen molar-refractivity contribution in [2.24, 2.45) is 0 Å². The van der Waals surface area contributed by atoms with Crippen LogP contribution < -0.4 is 5.73 Å². The fraction of sp³-hybridized carbons (Fsp3) is 0.500. The van der Waals surface area contributed by atoms with E-state index in [-0.39, 0.29) is 11.7 Å². The van der Waals surface area contributed by atoms with E-state index in [9.17, 15) is 9.90 Å². The first-order chi connectivity index (χ1) is 8.82. The molecule has 0 aromatic heterocycles. The van der Waals surface area contributed by atoms with Crippen LogP contribution in [0.15, 0.2) is 18.2 Å². The summed E-state index contributed by atoms with van der Waals surface area (Å²) in [6.07, 6.45) is 0. The smallest absolute Gasteiger partial charge is 0.242 e. The molecule has 1 heterocycles. The van der Waals surface area contributed by atoms with E-state index in [1.165, 1.54) is 0 Å². The molecule has 19 heavy (non-hydrogen) atoms. The summed E-state index contributed by atoms with van der Waals surface area (Å²) in [6.45, 7) is 6.09. The van der Waals surface area contributed by atoms with Gasteiger partial charge in [0.2, 0.25) is 5.91 Å². The van der Waals surface area contributed by atoms with Gasteiger partial charge in [0.15, 0.2) is 0 Å². The predicted octanol–water partition coefficient (Wildman–Crippen LogP) is 1.03. The maximum atomic E-state index is 12.2. The standard InChI is InChI=1S/C14H21N3O2/c1-14(2)13(19)16(3)6-7-17(14)9-10-4-5-12(18)11(15)8-10/h4-5,8,18H,6-7,9,15H2,1-3H3. The molecule has 5 nitrogen and oxygen atoms in total. The summed E-state index contributed by atoms with van der Waals surface area (Å²) in [7, 11) is 1.83. The Balaban J connectivity index is 2.18. The Kier molecular flexibility index (Phi) is 3.41. The molecule has 1 aliphatic heterocycles. The van der Waals surface area contributed by atoms with Crippen LogP contribution in [0.2, 0.25) is 0 Å². The first-order valence-electron chi connectivity index (χ1n) is 6.40. The molecule has 0 bridgehead atoms. The predicted molar refractivity (Wildman–Crippen MR) is 74.6 cm³/mol. The van der Waals surface area contributed by atoms with Gasteiger partial charge < -0.3 is 15.7 Å². The Labute approximate surface area is 113 Å². The number of nitrogens with two attached hydrogens (primary N) is 1. The maximum Gasteiger partial charge on any atom is 0.242 e. The number of piperazine rings is 1. The molecule has 0 radical (unpaired) electrons. The number of likely N-dealkylation sites (N-methyl/N-ethyl adjacent to an activating group) is 1. The molecule has 0 aliphatic carbocycles. The average Bonchev–Trinajstić information content (AvgIpc) is 2.35. The van der Waals surface area contributed by atoms with E-state index in [4.69, 9.17) is 5.73 Å². The van der Waals surface area contributed by atoms with Crippen LogP contribution in [0.4, 0.5) is 5.69 Å². The van der Waals surface area contributed by atoms with Crippen molar-refractivity contribution < 1.29 is 9.90 Å². The zero-order chi connectivity index (χ0) is 14.2. The zero-order valence-electron chi connectivity index (χ0n) is 11.7. The van der Waals surface area contributed by atoms with Crippen molar-refractivity contribution in [3.63, 3.8) is 0 Å². The van der Waals surface area contributed by atoms with Crippen molar-refractivity contribution in [2.45, 2.75) is 25.9 Å². The summed E-state index contributed by atoms with van der Waals surface area (Å²) in [6, 6.07) is 5.19. The molecule has 1 saturated heterocycles. The first kappa shape index (κ1) is 13.7. The van der Waals surface area contributed by atoms with Gasteiger partial charge in [-0.3, -0.25) is 9.69 Å². The summed E-state index contributed by atoms with van der Waals surface area (Å²) in [5, 5.41) is 9.43. The Morgan fingerprint density at radius 2 is 2.05 bits per heavy atom. The van der Waals surface area contributed by atoms with Gasteiger partial charge in [-0.1, -0.05) is 6.07 Å². The maximum absolute atomic E-state index is 12.2. The molecule has 0 spiro atoms. The second kappa shape index (κ2) is 4.74. The van der Waals surface area contributed by atoms with Gasteiger partial charge in [-0.05, 0) is 31.5 Å². The largest absolute Gasteiger partial charge is 0.506 e. The highest BCUT2D eigenvalue weighted by Gasteiger charge is 2.40. The number of phenols is 1. The van der Waals surface area contributed by atoms with Gasteiger partial charge in [0.05, 0.1) is 11.2 Å². The summed E-state index contributed by atoms with van der Waals surface area (Å²) in [4.78, 5) is 16.1. The molecule has 1 aromatic rings. The van der Waals surface area contributed by atoms with E-state index in [1.54, 1.807) is 17.0 Å². The molecule has 3 N–H and O–H groups in total. The Bertz CT molecular complexity index is 499. The van der Waals surface area contributed by atoms with E-state index in [0.29, 0.717) is 12.2 Å². The molecule has 1 aromatic carbocycles. The highest BCUT2D eigenvalue weighted by molar-refractivity contribution is 5.86. The van der Waals surface area contributed by atoms with Crippen LogP contribution in [0.3, 0.4) is 0 Å². The van der Waals surface area contributed by atoms with E-state index in [2.05, 4.69) is 4.90 Å². The number of nitrogens with zero attached hydrogens (tertiary/aromatic N) is 2. The third kappa shape index (κ3) is 2.51. The highest BCUT2D eigenvalue weighted by atomic mass is 16.3. The minimum absolute atomic E-state index is 0.0949. The fourth-order valence-electron chi connectivity index (χ4n) is 2.45. The number of benzene rings is 1. The van der Waals surface area contributed by atoms with E-state index in [1.807, 2.05) is 27.0 Å². The molecule has 1 amide bonds. The Morgan fingerprint density at radius 1 is 1.37 bits per heavy atom. The summed E-state index contributed by atoms with van der Waals surface area (Å²) >= 11 is 0. The van der Waals surface area contributed by atoms with E-state index in [0.717, 1.165) is 18.7 Å². The molecule has 0 saturated carbocycles. The second-order valence-electron chi connectivity index (χ2n) is 5.60. The van der Waals surface area contributed by atoms with Crippen LogP contribution in [0.1, 0.15) is 19.4 Å². The lowest BCUT2D eigenvalue weighted by atomic mass is 9.97. The lowest BCUT2D eigenvalue weighted by Gasteiger charge is -2.44. The Hall–Kier alpha value is -1.75. The van der Waals surface area contributed by atoms with Gasteiger partial charge in [-0.15, -0.1) is 0 Å². The number of nitrogen functional groups attached to an aromatic ring is 1. The second-order valence-corrected chi connectivity index (χ2v) is 5.60. The van der Waals surface area contributed by atoms with E-state index >= 15 is 0 Å². The molecule has 0 atom stereocenters. The molecule has 2 rings (SSSR count). The Morgan fingerprint density at radius 3 is 2.68 bits per heavy atom. The summed E-state index contributed by atoms with van der Waals surface area (Å²) in [5.74, 6) is 0.225. The zero-order valence-corrected chi connectivity index (χ0v) is 11.7. The quantitative estimate of drug-likeness (QED) is 0.617. The van der Waals surface area contributed by atoms with E-state index < -0.39 is 5.54 Å². The molecular weight excluding hydrogens is 242 g/mol. The number of amides is 1. The van der Waals surface area contributed by atoms with Crippen LogP contribution in [-0.2, 0) is 11.3 Å². The number of aromatic hydroxyl groups is 1. The first-order valence-corrected chi connectivity index (χ1v) is 6.40.